The zero-order valence-electron chi connectivity index (χ0n) is 10.0. The van der Waals surface area contributed by atoms with Gasteiger partial charge < -0.3 is 10.4 Å². The smallest absolute Gasteiger partial charge is 0.255 e. The van der Waals surface area contributed by atoms with Crippen LogP contribution in [-0.4, -0.2) is 17.1 Å². The van der Waals surface area contributed by atoms with Gasteiger partial charge in [-0.3, -0.25) is 4.79 Å². The fraction of sp³-hybridized carbons (Fsp3) is 0.462. The number of phenols is 1. The average molecular weight is 221 g/mol. The van der Waals surface area contributed by atoms with Crippen molar-refractivity contribution in [1.82, 2.24) is 5.32 Å². The first kappa shape index (κ1) is 12.6. The SMILES string of the molecule is CCC(C)C(C)NC(=O)c1ccccc1O. The maximum Gasteiger partial charge on any atom is 0.255 e. The molecule has 3 heteroatoms. The summed E-state index contributed by atoms with van der Waals surface area (Å²) in [5, 5.41) is 12.4. The monoisotopic (exact) mass is 221 g/mol. The predicted molar refractivity (Wildman–Crippen MR) is 64.5 cm³/mol. The van der Waals surface area contributed by atoms with Gasteiger partial charge in [0.15, 0.2) is 0 Å². The van der Waals surface area contributed by atoms with Crippen molar-refractivity contribution in [3.05, 3.63) is 29.8 Å². The van der Waals surface area contributed by atoms with E-state index in [2.05, 4.69) is 19.2 Å². The Labute approximate surface area is 96.5 Å². The summed E-state index contributed by atoms with van der Waals surface area (Å²) in [5.41, 5.74) is 0.331. The first-order valence-electron chi connectivity index (χ1n) is 5.65. The highest BCUT2D eigenvalue weighted by atomic mass is 16.3. The maximum atomic E-state index is 11.8. The molecule has 0 aliphatic carbocycles. The van der Waals surface area contributed by atoms with Gasteiger partial charge in [0, 0.05) is 6.04 Å². The van der Waals surface area contributed by atoms with Gasteiger partial charge >= 0.3 is 0 Å². The van der Waals surface area contributed by atoms with Crippen LogP contribution in [-0.2, 0) is 0 Å². The summed E-state index contributed by atoms with van der Waals surface area (Å²) in [6.07, 6.45) is 1.02. The number of hydrogen-bond acceptors (Lipinski definition) is 2. The van der Waals surface area contributed by atoms with Crippen molar-refractivity contribution in [3.8, 4) is 5.75 Å². The van der Waals surface area contributed by atoms with Gasteiger partial charge in [0.1, 0.15) is 5.75 Å². The highest BCUT2D eigenvalue weighted by Crippen LogP contribution is 2.16. The van der Waals surface area contributed by atoms with Crippen molar-refractivity contribution < 1.29 is 9.90 Å². The molecule has 0 bridgehead atoms. The summed E-state index contributed by atoms with van der Waals surface area (Å²) in [6.45, 7) is 6.16. The number of nitrogens with one attached hydrogen (secondary N) is 1. The molecule has 0 radical (unpaired) electrons. The summed E-state index contributed by atoms with van der Waals surface area (Å²) in [4.78, 5) is 11.8. The Bertz CT molecular complexity index is 363. The van der Waals surface area contributed by atoms with Gasteiger partial charge in [0.2, 0.25) is 0 Å². The minimum atomic E-state index is -0.217. The lowest BCUT2D eigenvalue weighted by molar-refractivity contribution is 0.0925. The van der Waals surface area contributed by atoms with E-state index < -0.39 is 0 Å². The van der Waals surface area contributed by atoms with Gasteiger partial charge in [0.05, 0.1) is 5.56 Å². The molecule has 2 unspecified atom stereocenters. The zero-order chi connectivity index (χ0) is 12.1. The number of carbonyl (C=O) groups excluding carboxylic acids is 1. The molecular formula is C13H19NO2. The third-order valence-corrected chi connectivity index (χ3v) is 3.00. The molecule has 2 atom stereocenters. The van der Waals surface area contributed by atoms with Crippen LogP contribution in [0.4, 0.5) is 0 Å². The van der Waals surface area contributed by atoms with E-state index in [1.165, 1.54) is 6.07 Å². The molecule has 2 N–H and O–H groups in total. The lowest BCUT2D eigenvalue weighted by Gasteiger charge is -2.20. The van der Waals surface area contributed by atoms with Crippen molar-refractivity contribution in [2.75, 3.05) is 0 Å². The predicted octanol–water partition coefficient (Wildman–Crippen LogP) is 2.56. The fourth-order valence-corrected chi connectivity index (χ4v) is 1.45. The van der Waals surface area contributed by atoms with Crippen LogP contribution in [0.2, 0.25) is 0 Å². The number of phenolic OH excluding ortho intramolecular Hbond substituents is 1. The number of benzene rings is 1. The van der Waals surface area contributed by atoms with Crippen molar-refractivity contribution in [1.29, 1.82) is 0 Å². The van der Waals surface area contributed by atoms with Crippen molar-refractivity contribution in [2.24, 2.45) is 5.92 Å². The van der Waals surface area contributed by atoms with E-state index in [4.69, 9.17) is 0 Å². The van der Waals surface area contributed by atoms with Gasteiger partial charge in [-0.2, -0.15) is 0 Å². The molecule has 0 saturated heterocycles. The minimum absolute atomic E-state index is 0.0244. The number of hydrogen-bond donors (Lipinski definition) is 2. The second-order valence-electron chi connectivity index (χ2n) is 4.16. The van der Waals surface area contributed by atoms with E-state index >= 15 is 0 Å². The van der Waals surface area contributed by atoms with E-state index in [-0.39, 0.29) is 17.7 Å². The lowest BCUT2D eigenvalue weighted by Crippen LogP contribution is -2.36. The number of aromatic hydroxyl groups is 1. The molecule has 88 valence electrons. The van der Waals surface area contributed by atoms with Crippen LogP contribution in [0.15, 0.2) is 24.3 Å². The van der Waals surface area contributed by atoms with Crippen LogP contribution in [0.1, 0.15) is 37.6 Å². The second kappa shape index (κ2) is 5.54. The molecule has 0 aromatic heterocycles. The molecule has 1 aromatic carbocycles. The first-order valence-corrected chi connectivity index (χ1v) is 5.65. The van der Waals surface area contributed by atoms with E-state index in [0.29, 0.717) is 11.5 Å². The first-order chi connectivity index (χ1) is 7.56. The summed E-state index contributed by atoms with van der Waals surface area (Å²) >= 11 is 0. The van der Waals surface area contributed by atoms with Gasteiger partial charge in [-0.15, -0.1) is 0 Å². The van der Waals surface area contributed by atoms with Gasteiger partial charge in [-0.05, 0) is 25.0 Å². The van der Waals surface area contributed by atoms with Crippen LogP contribution in [0.5, 0.6) is 5.75 Å². The molecule has 1 aromatic rings. The molecule has 16 heavy (non-hydrogen) atoms. The molecule has 0 fully saturated rings. The molecule has 0 heterocycles. The van der Waals surface area contributed by atoms with Crippen LogP contribution in [0.25, 0.3) is 0 Å². The Morgan fingerprint density at radius 2 is 2.00 bits per heavy atom. The van der Waals surface area contributed by atoms with E-state index in [1.807, 2.05) is 6.92 Å². The van der Waals surface area contributed by atoms with E-state index in [1.54, 1.807) is 18.2 Å². The largest absolute Gasteiger partial charge is 0.507 e. The summed E-state index contributed by atoms with van der Waals surface area (Å²) in [7, 11) is 0. The number of para-hydroxylation sites is 1. The van der Waals surface area contributed by atoms with Gasteiger partial charge in [-0.1, -0.05) is 32.4 Å². The minimum Gasteiger partial charge on any atom is -0.507 e. The Hall–Kier alpha value is -1.51. The molecule has 0 aliphatic heterocycles. The van der Waals surface area contributed by atoms with Crippen molar-refractivity contribution in [2.45, 2.75) is 33.2 Å². The molecule has 0 spiro atoms. The standard InChI is InChI=1S/C13H19NO2/c1-4-9(2)10(3)14-13(16)11-7-5-6-8-12(11)15/h5-10,15H,4H2,1-3H3,(H,14,16). The normalized spacial score (nSPS) is 14.2. The number of carbonyl (C=O) groups is 1. The quantitative estimate of drug-likeness (QED) is 0.821. The molecule has 0 aliphatic rings. The summed E-state index contributed by atoms with van der Waals surface area (Å²) in [5.74, 6) is 0.233. The summed E-state index contributed by atoms with van der Waals surface area (Å²) < 4.78 is 0. The zero-order valence-corrected chi connectivity index (χ0v) is 10.0. The Balaban J connectivity index is 2.70. The van der Waals surface area contributed by atoms with E-state index in [0.717, 1.165) is 6.42 Å². The van der Waals surface area contributed by atoms with Crippen LogP contribution in [0.3, 0.4) is 0 Å². The van der Waals surface area contributed by atoms with Crippen LogP contribution >= 0.6 is 0 Å². The van der Waals surface area contributed by atoms with Crippen molar-refractivity contribution in [3.63, 3.8) is 0 Å². The van der Waals surface area contributed by atoms with E-state index in [9.17, 15) is 9.90 Å². The number of amides is 1. The highest BCUT2D eigenvalue weighted by molar-refractivity contribution is 5.96. The lowest BCUT2D eigenvalue weighted by atomic mass is 10.0. The highest BCUT2D eigenvalue weighted by Gasteiger charge is 2.16. The van der Waals surface area contributed by atoms with Crippen LogP contribution < -0.4 is 5.32 Å². The van der Waals surface area contributed by atoms with Crippen molar-refractivity contribution >= 4 is 5.91 Å². The average Bonchev–Trinajstić information content (AvgIpc) is 2.28. The Morgan fingerprint density at radius 3 is 2.56 bits per heavy atom. The fourth-order valence-electron chi connectivity index (χ4n) is 1.45. The van der Waals surface area contributed by atoms with Crippen LogP contribution in [0, 0.1) is 5.92 Å². The molecular weight excluding hydrogens is 202 g/mol. The molecule has 1 amide bonds. The van der Waals surface area contributed by atoms with Gasteiger partial charge in [0.25, 0.3) is 5.91 Å². The Morgan fingerprint density at radius 1 is 1.38 bits per heavy atom. The summed E-state index contributed by atoms with van der Waals surface area (Å²) in [6, 6.07) is 6.68. The topological polar surface area (TPSA) is 49.3 Å². The third kappa shape index (κ3) is 2.99. The Kier molecular flexibility index (Phi) is 4.35. The second-order valence-corrected chi connectivity index (χ2v) is 4.16. The molecule has 0 saturated carbocycles. The third-order valence-electron chi connectivity index (χ3n) is 3.00. The maximum absolute atomic E-state index is 11.8. The number of rotatable bonds is 4. The van der Waals surface area contributed by atoms with Gasteiger partial charge in [-0.25, -0.2) is 0 Å². The molecule has 3 nitrogen and oxygen atoms in total. The molecule has 1 rings (SSSR count).